The van der Waals surface area contributed by atoms with Crippen LogP contribution in [-0.4, -0.2) is 5.71 Å². The molecule has 3 nitrogen and oxygen atoms in total. The average Bonchev–Trinajstić information content (AvgIpc) is 2.16. The summed E-state index contributed by atoms with van der Waals surface area (Å²) in [5.41, 5.74) is 8.18. The van der Waals surface area contributed by atoms with Crippen LogP contribution in [0, 0.1) is 0 Å². The summed E-state index contributed by atoms with van der Waals surface area (Å²) in [6, 6.07) is 7.59. The molecule has 68 valence electrons. The van der Waals surface area contributed by atoms with Crippen LogP contribution in [0.2, 0.25) is 0 Å². The zero-order chi connectivity index (χ0) is 9.68. The summed E-state index contributed by atoms with van der Waals surface area (Å²) >= 11 is 0. The Hall–Kier alpha value is -1.77. The third-order valence-corrected chi connectivity index (χ3v) is 1.66. The number of nitrogens with two attached hydrogens (primary N) is 2. The number of hydrogen-bond acceptors (Lipinski definition) is 3. The highest BCUT2D eigenvalue weighted by molar-refractivity contribution is 5.96. The topological polar surface area (TPSA) is 64.4 Å². The molecule has 1 aromatic carbocycles. The lowest BCUT2D eigenvalue weighted by molar-refractivity contribution is 1.24. The van der Waals surface area contributed by atoms with Gasteiger partial charge in [-0.15, -0.1) is 0 Å². The Morgan fingerprint density at radius 1 is 1.31 bits per heavy atom. The van der Waals surface area contributed by atoms with Crippen molar-refractivity contribution in [2.75, 3.05) is 5.73 Å². The monoisotopic (exact) mass is 175 g/mol. The van der Waals surface area contributed by atoms with Crippen LogP contribution in [0.15, 0.2) is 35.4 Å². The van der Waals surface area contributed by atoms with Gasteiger partial charge in [-0.3, -0.25) is 0 Å². The Bertz CT molecular complexity index is 323. The molecular weight excluding hydrogens is 162 g/mol. The van der Waals surface area contributed by atoms with Crippen molar-refractivity contribution in [2.45, 2.75) is 6.92 Å². The van der Waals surface area contributed by atoms with E-state index in [0.717, 1.165) is 17.0 Å². The van der Waals surface area contributed by atoms with E-state index in [2.05, 4.69) is 5.10 Å². The fourth-order valence-electron chi connectivity index (χ4n) is 0.867. The largest absolute Gasteiger partial charge is 0.399 e. The van der Waals surface area contributed by atoms with Crippen molar-refractivity contribution < 1.29 is 0 Å². The van der Waals surface area contributed by atoms with Crippen molar-refractivity contribution in [2.24, 2.45) is 10.9 Å². The van der Waals surface area contributed by atoms with Gasteiger partial charge in [0.05, 0.1) is 5.71 Å². The maximum atomic E-state index is 5.54. The molecule has 0 saturated heterocycles. The maximum absolute atomic E-state index is 5.54. The number of nitrogens with zero attached hydrogens (tertiary/aromatic N) is 1. The van der Waals surface area contributed by atoms with Gasteiger partial charge < -0.3 is 11.6 Å². The second-order valence-corrected chi connectivity index (χ2v) is 2.77. The second-order valence-electron chi connectivity index (χ2n) is 2.77. The summed E-state index contributed by atoms with van der Waals surface area (Å²) in [7, 11) is 0. The average molecular weight is 175 g/mol. The first-order valence-corrected chi connectivity index (χ1v) is 4.00. The molecule has 0 unspecified atom stereocenters. The van der Waals surface area contributed by atoms with Crippen molar-refractivity contribution in [1.29, 1.82) is 0 Å². The summed E-state index contributed by atoms with van der Waals surface area (Å²) < 4.78 is 0. The van der Waals surface area contributed by atoms with Gasteiger partial charge in [-0.05, 0) is 30.7 Å². The Balaban J connectivity index is 2.75. The van der Waals surface area contributed by atoms with Gasteiger partial charge in [0.25, 0.3) is 0 Å². The molecule has 0 radical (unpaired) electrons. The Morgan fingerprint density at radius 3 is 2.46 bits per heavy atom. The van der Waals surface area contributed by atoms with E-state index in [4.69, 9.17) is 11.6 Å². The number of allylic oxidation sites excluding steroid dienone is 1. The van der Waals surface area contributed by atoms with Gasteiger partial charge in [0.1, 0.15) is 0 Å². The van der Waals surface area contributed by atoms with Crippen molar-refractivity contribution in [1.82, 2.24) is 0 Å². The quantitative estimate of drug-likeness (QED) is 0.310. The lowest BCUT2D eigenvalue weighted by atomic mass is 10.2. The third-order valence-electron chi connectivity index (χ3n) is 1.66. The Labute approximate surface area is 77.7 Å². The summed E-state index contributed by atoms with van der Waals surface area (Å²) in [5, 5.41) is 3.53. The standard InChI is InChI=1S/C10H13N3/c1-8(13-12)2-3-9-4-6-10(11)7-5-9/h2-7H,11-12H2,1H3/b3-2+,13-8-. The number of benzene rings is 1. The molecule has 0 fully saturated rings. The lowest BCUT2D eigenvalue weighted by Crippen LogP contribution is -1.90. The number of nitrogen functional groups attached to an aromatic ring is 1. The van der Waals surface area contributed by atoms with E-state index in [1.54, 1.807) is 0 Å². The molecule has 0 amide bonds. The van der Waals surface area contributed by atoms with Crippen molar-refractivity contribution in [3.05, 3.63) is 35.9 Å². The summed E-state index contributed by atoms with van der Waals surface area (Å²) in [5.74, 6) is 5.08. The molecule has 4 N–H and O–H groups in total. The minimum Gasteiger partial charge on any atom is -0.399 e. The smallest absolute Gasteiger partial charge is 0.0569 e. The third kappa shape index (κ3) is 2.99. The van der Waals surface area contributed by atoms with Crippen LogP contribution in [0.5, 0.6) is 0 Å². The van der Waals surface area contributed by atoms with Gasteiger partial charge in [0.15, 0.2) is 0 Å². The van der Waals surface area contributed by atoms with E-state index in [1.165, 1.54) is 0 Å². The SMILES string of the molecule is CC(/C=C/c1ccc(N)cc1)=N/N. The zero-order valence-electron chi connectivity index (χ0n) is 7.57. The molecule has 1 rings (SSSR count). The fraction of sp³-hybridized carbons (Fsp3) is 0.100. The first kappa shape index (κ1) is 9.32. The van der Waals surface area contributed by atoms with E-state index >= 15 is 0 Å². The minimum atomic E-state index is 0.765. The summed E-state index contributed by atoms with van der Waals surface area (Å²) in [6.45, 7) is 1.84. The molecule has 0 aliphatic heterocycles. The molecule has 0 aliphatic rings. The number of hydrazone groups is 1. The van der Waals surface area contributed by atoms with E-state index in [9.17, 15) is 0 Å². The molecule has 0 aromatic heterocycles. The number of anilines is 1. The zero-order valence-corrected chi connectivity index (χ0v) is 7.57. The Morgan fingerprint density at radius 2 is 1.92 bits per heavy atom. The first-order valence-electron chi connectivity index (χ1n) is 4.00. The van der Waals surface area contributed by atoms with Crippen molar-refractivity contribution in [3.8, 4) is 0 Å². The van der Waals surface area contributed by atoms with Crippen LogP contribution in [0.3, 0.4) is 0 Å². The van der Waals surface area contributed by atoms with Gasteiger partial charge in [0, 0.05) is 5.69 Å². The van der Waals surface area contributed by atoms with Crippen LogP contribution >= 0.6 is 0 Å². The molecule has 1 aromatic rings. The second kappa shape index (κ2) is 4.30. The Kier molecular flexibility index (Phi) is 3.09. The molecule has 0 aliphatic carbocycles. The van der Waals surface area contributed by atoms with Crippen LogP contribution < -0.4 is 11.6 Å². The van der Waals surface area contributed by atoms with Crippen LogP contribution in [0.25, 0.3) is 6.08 Å². The van der Waals surface area contributed by atoms with Gasteiger partial charge in [0.2, 0.25) is 0 Å². The lowest BCUT2D eigenvalue weighted by Gasteiger charge is -1.94. The maximum Gasteiger partial charge on any atom is 0.0569 e. The van der Waals surface area contributed by atoms with Crippen molar-refractivity contribution in [3.63, 3.8) is 0 Å². The van der Waals surface area contributed by atoms with E-state index < -0.39 is 0 Å². The van der Waals surface area contributed by atoms with E-state index in [1.807, 2.05) is 43.3 Å². The van der Waals surface area contributed by atoms with Crippen LogP contribution in [0.4, 0.5) is 5.69 Å². The van der Waals surface area contributed by atoms with Gasteiger partial charge in [-0.25, -0.2) is 0 Å². The summed E-state index contributed by atoms with van der Waals surface area (Å²) in [6.07, 6.45) is 3.79. The predicted molar refractivity (Wildman–Crippen MR) is 57.2 cm³/mol. The molecular formula is C10H13N3. The molecule has 0 bridgehead atoms. The molecule has 0 atom stereocenters. The number of rotatable bonds is 2. The summed E-state index contributed by atoms with van der Waals surface area (Å²) in [4.78, 5) is 0. The van der Waals surface area contributed by atoms with Gasteiger partial charge in [-0.1, -0.05) is 18.2 Å². The highest BCUT2D eigenvalue weighted by Gasteiger charge is 1.86. The molecule has 0 spiro atoms. The van der Waals surface area contributed by atoms with Gasteiger partial charge >= 0.3 is 0 Å². The normalized spacial score (nSPS) is 12.2. The molecule has 0 saturated carbocycles. The highest BCUT2D eigenvalue weighted by atomic mass is 15.1. The molecule has 3 heteroatoms. The predicted octanol–water partition coefficient (Wildman–Crippen LogP) is 1.62. The first-order chi connectivity index (χ1) is 6.22. The van der Waals surface area contributed by atoms with Crippen LogP contribution in [0.1, 0.15) is 12.5 Å². The van der Waals surface area contributed by atoms with Gasteiger partial charge in [-0.2, -0.15) is 5.10 Å². The molecule has 0 heterocycles. The minimum absolute atomic E-state index is 0.765. The van der Waals surface area contributed by atoms with E-state index in [0.29, 0.717) is 0 Å². The number of hydrogen-bond donors (Lipinski definition) is 2. The van der Waals surface area contributed by atoms with Crippen LogP contribution in [-0.2, 0) is 0 Å². The highest BCUT2D eigenvalue weighted by Crippen LogP contribution is 2.06. The van der Waals surface area contributed by atoms with Crippen molar-refractivity contribution >= 4 is 17.5 Å². The fourth-order valence-corrected chi connectivity index (χ4v) is 0.867. The van der Waals surface area contributed by atoms with E-state index in [-0.39, 0.29) is 0 Å². The molecule has 13 heavy (non-hydrogen) atoms.